The Kier molecular flexibility index (Phi) is 6.88. The number of ether oxygens (including phenoxy) is 1. The van der Waals surface area contributed by atoms with E-state index in [2.05, 4.69) is 52.1 Å². The monoisotopic (exact) mass is 311 g/mol. The van der Waals surface area contributed by atoms with Crippen molar-refractivity contribution in [3.05, 3.63) is 29.3 Å². The van der Waals surface area contributed by atoms with E-state index in [1.165, 1.54) is 5.56 Å². The number of methoxy groups -OCH3 is 1. The summed E-state index contributed by atoms with van der Waals surface area (Å²) < 4.78 is 17.6. The highest BCUT2D eigenvalue weighted by Crippen LogP contribution is 2.22. The third kappa shape index (κ3) is 7.09. The Morgan fingerprint density at radius 2 is 1.95 bits per heavy atom. The lowest BCUT2D eigenvalue weighted by atomic mass is 10.1. The second-order valence-electron chi connectivity index (χ2n) is 6.89. The lowest BCUT2D eigenvalue weighted by Crippen LogP contribution is -2.35. The van der Waals surface area contributed by atoms with Crippen molar-refractivity contribution in [1.82, 2.24) is 5.32 Å². The SMILES string of the molecule is COc1ccc(CNC(C)(C)C)cc1CS(=O)CC(C)C. The lowest BCUT2D eigenvalue weighted by Gasteiger charge is -2.21. The van der Waals surface area contributed by atoms with Crippen LogP contribution in [0.25, 0.3) is 0 Å². The first-order valence-corrected chi connectivity index (χ1v) is 8.96. The molecule has 0 aliphatic rings. The van der Waals surface area contributed by atoms with Crippen LogP contribution in [0.2, 0.25) is 0 Å². The molecule has 1 aromatic rings. The van der Waals surface area contributed by atoms with Crippen molar-refractivity contribution in [2.45, 2.75) is 52.5 Å². The average molecular weight is 311 g/mol. The molecule has 0 radical (unpaired) electrons. The van der Waals surface area contributed by atoms with Gasteiger partial charge in [0.15, 0.2) is 0 Å². The minimum Gasteiger partial charge on any atom is -0.496 e. The molecule has 1 atom stereocenters. The molecule has 4 heteroatoms. The van der Waals surface area contributed by atoms with Crippen LogP contribution in [-0.4, -0.2) is 22.6 Å². The fraction of sp³-hybridized carbons (Fsp3) is 0.647. The lowest BCUT2D eigenvalue weighted by molar-refractivity contribution is 0.409. The van der Waals surface area contributed by atoms with Gasteiger partial charge in [-0.05, 0) is 44.4 Å². The first kappa shape index (κ1) is 18.2. The fourth-order valence-electron chi connectivity index (χ4n) is 2.03. The molecule has 0 amide bonds. The van der Waals surface area contributed by atoms with Crippen LogP contribution >= 0.6 is 0 Å². The highest BCUT2D eigenvalue weighted by molar-refractivity contribution is 7.84. The maximum absolute atomic E-state index is 12.2. The molecule has 0 saturated heterocycles. The van der Waals surface area contributed by atoms with Crippen LogP contribution in [0.3, 0.4) is 0 Å². The summed E-state index contributed by atoms with van der Waals surface area (Å²) in [6, 6.07) is 6.14. The van der Waals surface area contributed by atoms with Gasteiger partial charge in [-0.3, -0.25) is 4.21 Å². The van der Waals surface area contributed by atoms with Crippen LogP contribution in [0.4, 0.5) is 0 Å². The Bertz CT molecular complexity index is 478. The van der Waals surface area contributed by atoms with Crippen LogP contribution in [0.15, 0.2) is 18.2 Å². The smallest absolute Gasteiger partial charge is 0.123 e. The quantitative estimate of drug-likeness (QED) is 0.838. The van der Waals surface area contributed by atoms with Gasteiger partial charge in [-0.25, -0.2) is 0 Å². The maximum atomic E-state index is 12.2. The minimum absolute atomic E-state index is 0.0839. The zero-order valence-electron chi connectivity index (χ0n) is 14.2. The number of nitrogens with one attached hydrogen (secondary N) is 1. The average Bonchev–Trinajstić information content (AvgIpc) is 2.34. The topological polar surface area (TPSA) is 38.3 Å². The van der Waals surface area contributed by atoms with Crippen LogP contribution in [0.1, 0.15) is 45.7 Å². The van der Waals surface area contributed by atoms with Crippen molar-refractivity contribution < 1.29 is 8.95 Å². The van der Waals surface area contributed by atoms with Crippen molar-refractivity contribution in [3.63, 3.8) is 0 Å². The third-order valence-corrected chi connectivity index (χ3v) is 4.67. The van der Waals surface area contributed by atoms with Crippen molar-refractivity contribution in [1.29, 1.82) is 0 Å². The zero-order valence-corrected chi connectivity index (χ0v) is 15.0. The first-order valence-electron chi connectivity index (χ1n) is 7.47. The predicted octanol–water partition coefficient (Wildman–Crippen LogP) is 3.49. The van der Waals surface area contributed by atoms with Gasteiger partial charge in [0.25, 0.3) is 0 Å². The van der Waals surface area contributed by atoms with E-state index < -0.39 is 10.8 Å². The van der Waals surface area contributed by atoms with E-state index in [0.29, 0.717) is 11.7 Å². The van der Waals surface area contributed by atoms with E-state index in [0.717, 1.165) is 23.6 Å². The van der Waals surface area contributed by atoms with Gasteiger partial charge in [0.2, 0.25) is 0 Å². The maximum Gasteiger partial charge on any atom is 0.123 e. The molecule has 0 aliphatic carbocycles. The molecule has 3 nitrogen and oxygen atoms in total. The summed E-state index contributed by atoms with van der Waals surface area (Å²) in [5, 5.41) is 3.47. The molecule has 1 N–H and O–H groups in total. The second kappa shape index (κ2) is 7.95. The number of hydrogen-bond donors (Lipinski definition) is 1. The summed E-state index contributed by atoms with van der Waals surface area (Å²) in [4.78, 5) is 0. The Morgan fingerprint density at radius 1 is 1.29 bits per heavy atom. The van der Waals surface area contributed by atoms with Crippen molar-refractivity contribution in [2.75, 3.05) is 12.9 Å². The molecule has 0 aliphatic heterocycles. The van der Waals surface area contributed by atoms with Crippen molar-refractivity contribution in [3.8, 4) is 5.75 Å². The van der Waals surface area contributed by atoms with E-state index in [1.54, 1.807) is 7.11 Å². The Hall–Kier alpha value is -0.870. The summed E-state index contributed by atoms with van der Waals surface area (Å²) in [5.74, 6) is 2.56. The number of rotatable bonds is 7. The van der Waals surface area contributed by atoms with Gasteiger partial charge in [0, 0.05) is 34.2 Å². The van der Waals surface area contributed by atoms with Crippen molar-refractivity contribution >= 4 is 10.8 Å². The van der Waals surface area contributed by atoms with Gasteiger partial charge in [-0.15, -0.1) is 0 Å². The van der Waals surface area contributed by atoms with E-state index in [-0.39, 0.29) is 5.54 Å². The minimum atomic E-state index is -0.843. The van der Waals surface area contributed by atoms with Crippen LogP contribution < -0.4 is 10.1 Å². The van der Waals surface area contributed by atoms with Gasteiger partial charge in [0.05, 0.1) is 12.9 Å². The molecule has 1 unspecified atom stereocenters. The molecule has 1 rings (SSSR count). The summed E-state index contributed by atoms with van der Waals surface area (Å²) in [5.41, 5.74) is 2.31. The molecule has 0 spiro atoms. The Labute approximate surface area is 131 Å². The van der Waals surface area contributed by atoms with E-state index >= 15 is 0 Å². The molecule has 0 fully saturated rings. The Morgan fingerprint density at radius 3 is 2.48 bits per heavy atom. The molecule has 120 valence electrons. The Balaban J connectivity index is 2.82. The second-order valence-corrected chi connectivity index (χ2v) is 8.40. The van der Waals surface area contributed by atoms with Gasteiger partial charge >= 0.3 is 0 Å². The van der Waals surface area contributed by atoms with Crippen molar-refractivity contribution in [2.24, 2.45) is 5.92 Å². The molecular formula is C17H29NO2S. The third-order valence-electron chi connectivity index (χ3n) is 3.00. The van der Waals surface area contributed by atoms with E-state index in [4.69, 9.17) is 4.74 Å². The number of benzene rings is 1. The summed E-state index contributed by atoms with van der Waals surface area (Å²) in [6.45, 7) is 11.4. The molecule has 0 aromatic heterocycles. The molecule has 1 aromatic carbocycles. The molecule has 0 saturated carbocycles. The van der Waals surface area contributed by atoms with Gasteiger partial charge < -0.3 is 10.1 Å². The van der Waals surface area contributed by atoms with Gasteiger partial charge in [-0.2, -0.15) is 0 Å². The first-order chi connectivity index (χ1) is 9.71. The van der Waals surface area contributed by atoms with Crippen LogP contribution in [0, 0.1) is 5.92 Å². The van der Waals surface area contributed by atoms with Crippen LogP contribution in [-0.2, 0) is 23.1 Å². The van der Waals surface area contributed by atoms with Gasteiger partial charge in [-0.1, -0.05) is 19.9 Å². The summed E-state index contributed by atoms with van der Waals surface area (Å²) >= 11 is 0. The standard InChI is InChI=1S/C17H29NO2S/c1-13(2)11-21(19)12-15-9-14(7-8-16(15)20-6)10-18-17(3,4)5/h7-9,13,18H,10-12H2,1-6H3. The summed E-state index contributed by atoms with van der Waals surface area (Å²) in [6.07, 6.45) is 0. The summed E-state index contributed by atoms with van der Waals surface area (Å²) in [7, 11) is 0.821. The number of hydrogen-bond acceptors (Lipinski definition) is 3. The highest BCUT2D eigenvalue weighted by Gasteiger charge is 2.12. The van der Waals surface area contributed by atoms with E-state index in [1.807, 2.05) is 6.07 Å². The highest BCUT2D eigenvalue weighted by atomic mass is 32.2. The van der Waals surface area contributed by atoms with Crippen LogP contribution in [0.5, 0.6) is 5.75 Å². The molecular weight excluding hydrogens is 282 g/mol. The molecule has 0 bridgehead atoms. The normalized spacial score (nSPS) is 13.5. The van der Waals surface area contributed by atoms with Gasteiger partial charge in [0.1, 0.15) is 5.75 Å². The molecule has 0 heterocycles. The zero-order chi connectivity index (χ0) is 16.0. The fourth-order valence-corrected chi connectivity index (χ4v) is 3.46. The predicted molar refractivity (Wildman–Crippen MR) is 91.1 cm³/mol. The van der Waals surface area contributed by atoms with E-state index in [9.17, 15) is 4.21 Å². The largest absolute Gasteiger partial charge is 0.496 e. The molecule has 21 heavy (non-hydrogen) atoms.